The average Bonchev–Trinajstić information content (AvgIpc) is 2.39. The van der Waals surface area contributed by atoms with Crippen LogP contribution in [0.5, 0.6) is 0 Å². The topological polar surface area (TPSA) is 29.1 Å². The summed E-state index contributed by atoms with van der Waals surface area (Å²) in [5.74, 6) is -0.251. The minimum Gasteiger partial charge on any atom is -0.320 e. The molecule has 121 valence electrons. The number of aryl methyl sites for hydroxylation is 2. The van der Waals surface area contributed by atoms with Crippen molar-refractivity contribution in [3.8, 4) is 0 Å². The average molecular weight is 384 g/mol. The van der Waals surface area contributed by atoms with Gasteiger partial charge in [0.25, 0.3) is 5.91 Å². The molecule has 0 aliphatic heterocycles. The molecule has 1 rings (SSSR count). The van der Waals surface area contributed by atoms with Crippen molar-refractivity contribution in [2.75, 3.05) is 26.0 Å². The second-order valence-corrected chi connectivity index (χ2v) is 6.30. The largest absolute Gasteiger partial charge is 0.320 e. The van der Waals surface area contributed by atoms with Gasteiger partial charge in [-0.1, -0.05) is 6.92 Å². The first-order valence-corrected chi connectivity index (χ1v) is 7.63. The molecule has 1 atom stereocenters. The molecular formula is C17H28FN2OY+. The minimum absolute atomic E-state index is 0. The van der Waals surface area contributed by atoms with E-state index in [0.29, 0.717) is 4.48 Å². The maximum atomic E-state index is 13.4. The summed E-state index contributed by atoms with van der Waals surface area (Å²) >= 11 is 0. The number of quaternary nitrogens is 1. The number of halogens is 1. The second kappa shape index (κ2) is 9.10. The van der Waals surface area contributed by atoms with Crippen molar-refractivity contribution >= 4 is 11.6 Å². The number of benzene rings is 1. The van der Waals surface area contributed by atoms with Crippen LogP contribution >= 0.6 is 0 Å². The summed E-state index contributed by atoms with van der Waals surface area (Å²) in [6, 6.07) is 2.82. The van der Waals surface area contributed by atoms with Gasteiger partial charge in [0.1, 0.15) is 5.82 Å². The molecule has 0 spiro atoms. The van der Waals surface area contributed by atoms with Crippen LogP contribution in [0.15, 0.2) is 12.1 Å². The molecule has 1 N–H and O–H groups in total. The summed E-state index contributed by atoms with van der Waals surface area (Å²) < 4.78 is 14.0. The third kappa shape index (κ3) is 5.40. The van der Waals surface area contributed by atoms with Gasteiger partial charge in [-0.25, -0.2) is 4.39 Å². The van der Waals surface area contributed by atoms with Crippen LogP contribution in [-0.2, 0) is 37.5 Å². The van der Waals surface area contributed by atoms with Crippen LogP contribution in [0, 0.1) is 19.7 Å². The molecule has 0 saturated heterocycles. The van der Waals surface area contributed by atoms with E-state index in [1.54, 1.807) is 0 Å². The van der Waals surface area contributed by atoms with Crippen molar-refractivity contribution in [1.29, 1.82) is 0 Å². The smallest absolute Gasteiger partial charge is 0.282 e. The zero-order chi connectivity index (χ0) is 16.2. The van der Waals surface area contributed by atoms with Crippen molar-refractivity contribution in [3.05, 3.63) is 29.1 Å². The van der Waals surface area contributed by atoms with Gasteiger partial charge in [0.05, 0.1) is 20.6 Å². The fourth-order valence-corrected chi connectivity index (χ4v) is 2.61. The summed E-state index contributed by atoms with van der Waals surface area (Å²) in [4.78, 5) is 12.7. The Balaban J connectivity index is 0.00000441. The van der Waals surface area contributed by atoms with Gasteiger partial charge < -0.3 is 9.80 Å². The van der Waals surface area contributed by atoms with E-state index < -0.39 is 0 Å². The molecule has 1 radical (unpaired) electrons. The molecule has 22 heavy (non-hydrogen) atoms. The van der Waals surface area contributed by atoms with E-state index in [0.717, 1.165) is 36.2 Å². The number of carbonyl (C=O) groups excluding carboxylic acids is 1. The van der Waals surface area contributed by atoms with Crippen molar-refractivity contribution in [3.63, 3.8) is 0 Å². The number of rotatable bonds is 6. The van der Waals surface area contributed by atoms with Gasteiger partial charge in [0.2, 0.25) is 0 Å². The first-order chi connectivity index (χ1) is 9.72. The zero-order valence-corrected chi connectivity index (χ0v) is 17.5. The molecule has 0 fully saturated rings. The summed E-state index contributed by atoms with van der Waals surface area (Å²) in [6.07, 6.45) is 1.80. The number of carbonyl (C=O) groups is 1. The first kappa shape index (κ1) is 21.7. The fourth-order valence-electron chi connectivity index (χ4n) is 2.61. The number of nitrogens with one attached hydrogen (secondary N) is 1. The molecule has 0 heterocycles. The molecule has 0 saturated carbocycles. The molecule has 0 aromatic heterocycles. The number of hydrogen-bond donors (Lipinski definition) is 1. The Morgan fingerprint density at radius 3 is 2.14 bits per heavy atom. The van der Waals surface area contributed by atoms with Crippen LogP contribution in [0.3, 0.4) is 0 Å². The summed E-state index contributed by atoms with van der Waals surface area (Å²) in [6.45, 7) is 8.70. The van der Waals surface area contributed by atoms with Crippen molar-refractivity contribution in [1.82, 2.24) is 0 Å². The Hall–Kier alpha value is -0.316. The molecule has 5 heteroatoms. The second-order valence-electron chi connectivity index (χ2n) is 6.30. The van der Waals surface area contributed by atoms with Crippen LogP contribution in [0.25, 0.3) is 0 Å². The van der Waals surface area contributed by atoms with Crippen molar-refractivity contribution in [2.45, 2.75) is 46.6 Å². The van der Waals surface area contributed by atoms with Crippen molar-refractivity contribution < 1.29 is 46.4 Å². The van der Waals surface area contributed by atoms with E-state index in [1.165, 1.54) is 12.1 Å². The van der Waals surface area contributed by atoms with Crippen LogP contribution < -0.4 is 5.32 Å². The van der Waals surface area contributed by atoms with E-state index >= 15 is 0 Å². The third-order valence-corrected chi connectivity index (χ3v) is 4.27. The van der Waals surface area contributed by atoms with E-state index in [9.17, 15) is 9.18 Å². The molecule has 1 amide bonds. The van der Waals surface area contributed by atoms with Gasteiger partial charge >= 0.3 is 0 Å². The van der Waals surface area contributed by atoms with Gasteiger partial charge in [-0.15, -0.1) is 0 Å². The Kier molecular flexibility index (Phi) is 8.96. The maximum Gasteiger partial charge on any atom is 0.282 e. The molecule has 0 aliphatic rings. The summed E-state index contributed by atoms with van der Waals surface area (Å²) in [5, 5.41) is 3.01. The molecule has 3 nitrogen and oxygen atoms in total. The summed E-state index contributed by atoms with van der Waals surface area (Å²) in [5.41, 5.74) is 2.26. The Bertz CT molecular complexity index is 494. The van der Waals surface area contributed by atoms with Crippen molar-refractivity contribution in [2.24, 2.45) is 0 Å². The number of likely N-dealkylation sites (N-methyl/N-ethyl adjacent to an activating group) is 1. The van der Waals surface area contributed by atoms with Gasteiger partial charge in [-0.05, 0) is 50.5 Å². The van der Waals surface area contributed by atoms with Crippen LogP contribution in [0.2, 0.25) is 0 Å². The van der Waals surface area contributed by atoms with Crippen LogP contribution in [0.1, 0.15) is 37.8 Å². The zero-order valence-electron chi connectivity index (χ0n) is 14.7. The number of nitrogens with zero attached hydrogens (tertiary/aromatic N) is 1. The van der Waals surface area contributed by atoms with Gasteiger partial charge in [-0.3, -0.25) is 4.79 Å². The Morgan fingerprint density at radius 2 is 1.73 bits per heavy atom. The number of hydrogen-bond acceptors (Lipinski definition) is 1. The number of amides is 1. The fraction of sp³-hybridized carbons (Fsp3) is 0.588. The first-order valence-electron chi connectivity index (χ1n) is 7.63. The molecule has 0 aliphatic carbocycles. The quantitative estimate of drug-likeness (QED) is 0.746. The van der Waals surface area contributed by atoms with E-state index in [-0.39, 0.29) is 50.5 Å². The maximum absolute atomic E-state index is 13.4. The SMILES string of the molecule is CCCC(C(=O)Nc1c(C)cc(F)cc1C)[N+](C)(C)CC.[Y]. The number of anilines is 1. The van der Waals surface area contributed by atoms with Crippen LogP contribution in [-0.4, -0.2) is 37.1 Å². The molecule has 1 unspecified atom stereocenters. The molecule has 1 aromatic rings. The predicted octanol–water partition coefficient (Wildman–Crippen LogP) is 3.64. The molecule has 1 aromatic carbocycles. The Morgan fingerprint density at radius 1 is 1.23 bits per heavy atom. The monoisotopic (exact) mass is 384 g/mol. The Labute approximate surface area is 159 Å². The van der Waals surface area contributed by atoms with E-state index in [4.69, 9.17) is 0 Å². The van der Waals surface area contributed by atoms with E-state index in [2.05, 4.69) is 33.3 Å². The molecule has 0 bridgehead atoms. The van der Waals surface area contributed by atoms with Gasteiger partial charge in [0, 0.05) is 44.8 Å². The minimum atomic E-state index is -0.266. The summed E-state index contributed by atoms with van der Waals surface area (Å²) in [7, 11) is 4.15. The third-order valence-electron chi connectivity index (χ3n) is 4.27. The standard InChI is InChI=1S/C17H27FN2O.Y/c1-7-9-15(20(5,6)8-2)17(21)19-16-12(3)10-14(18)11-13(16)4;/h10-11,15H,7-9H2,1-6H3;/p+1. The molecular weight excluding hydrogens is 356 g/mol. The van der Waals surface area contributed by atoms with Crippen LogP contribution in [0.4, 0.5) is 10.1 Å². The normalized spacial score (nSPS) is 12.5. The van der Waals surface area contributed by atoms with Gasteiger partial charge in [0.15, 0.2) is 6.04 Å². The van der Waals surface area contributed by atoms with Gasteiger partial charge in [-0.2, -0.15) is 0 Å². The predicted molar refractivity (Wildman–Crippen MR) is 85.8 cm³/mol. The van der Waals surface area contributed by atoms with E-state index in [1.807, 2.05) is 13.8 Å².